The number of carbonyl (C=O) groups excluding carboxylic acids is 1. The second-order valence-corrected chi connectivity index (χ2v) is 5.67. The maximum Gasteiger partial charge on any atom is 0.319 e. The molecule has 2 N–H and O–H groups in total. The molecule has 0 unspecified atom stereocenters. The van der Waals surface area contributed by atoms with Crippen LogP contribution in [0.15, 0.2) is 36.4 Å². The van der Waals surface area contributed by atoms with Crippen LogP contribution >= 0.6 is 11.6 Å². The van der Waals surface area contributed by atoms with Gasteiger partial charge in [0.05, 0.1) is 0 Å². The molecule has 120 valence electrons. The lowest BCUT2D eigenvalue weighted by Crippen LogP contribution is -2.28. The number of amides is 2. The summed E-state index contributed by atoms with van der Waals surface area (Å²) in [6, 6.07) is 10.5. The predicted octanol–water partition coefficient (Wildman–Crippen LogP) is 3.74. The van der Waals surface area contributed by atoms with Gasteiger partial charge in [-0.25, -0.2) is 4.79 Å². The Morgan fingerprint density at radius 3 is 2.48 bits per heavy atom. The SMILES string of the molecule is Cc1cc2c(cc1CNC(=O)Nc1ccc(Cl)cc1)OCCO2. The lowest BCUT2D eigenvalue weighted by Gasteiger charge is -2.20. The summed E-state index contributed by atoms with van der Waals surface area (Å²) in [5.41, 5.74) is 2.72. The maximum atomic E-state index is 12.0. The summed E-state index contributed by atoms with van der Waals surface area (Å²) in [7, 11) is 0. The molecule has 2 amide bonds. The smallest absolute Gasteiger partial charge is 0.319 e. The highest BCUT2D eigenvalue weighted by Gasteiger charge is 2.14. The second kappa shape index (κ2) is 6.79. The number of rotatable bonds is 3. The van der Waals surface area contributed by atoms with Crippen molar-refractivity contribution in [3.8, 4) is 11.5 Å². The van der Waals surface area contributed by atoms with Crippen molar-refractivity contribution < 1.29 is 14.3 Å². The second-order valence-electron chi connectivity index (χ2n) is 5.24. The normalized spacial score (nSPS) is 12.6. The Hall–Kier alpha value is -2.40. The molecule has 0 atom stereocenters. The maximum absolute atomic E-state index is 12.0. The molecule has 6 heteroatoms. The molecule has 0 spiro atoms. The number of urea groups is 1. The first-order chi connectivity index (χ1) is 11.1. The third kappa shape index (κ3) is 3.87. The van der Waals surface area contributed by atoms with Crippen LogP contribution in [0.25, 0.3) is 0 Å². The van der Waals surface area contributed by atoms with Gasteiger partial charge in [-0.15, -0.1) is 0 Å². The van der Waals surface area contributed by atoms with Gasteiger partial charge in [0.2, 0.25) is 0 Å². The number of hydrogen-bond acceptors (Lipinski definition) is 3. The van der Waals surface area contributed by atoms with Crippen LogP contribution < -0.4 is 20.1 Å². The molecular formula is C17H17ClN2O3. The van der Waals surface area contributed by atoms with Crippen molar-refractivity contribution in [2.75, 3.05) is 18.5 Å². The van der Waals surface area contributed by atoms with Crippen LogP contribution in [0.1, 0.15) is 11.1 Å². The molecule has 0 aliphatic carbocycles. The van der Waals surface area contributed by atoms with E-state index in [1.54, 1.807) is 24.3 Å². The van der Waals surface area contributed by atoms with E-state index in [0.29, 0.717) is 30.5 Å². The molecule has 5 nitrogen and oxygen atoms in total. The van der Waals surface area contributed by atoms with Crippen LogP contribution in [0.3, 0.4) is 0 Å². The van der Waals surface area contributed by atoms with Crippen molar-refractivity contribution in [3.63, 3.8) is 0 Å². The zero-order valence-corrected chi connectivity index (χ0v) is 13.4. The molecule has 0 saturated heterocycles. The average molecular weight is 333 g/mol. The summed E-state index contributed by atoms with van der Waals surface area (Å²) in [5.74, 6) is 1.47. The quantitative estimate of drug-likeness (QED) is 0.900. The molecule has 2 aromatic carbocycles. The molecule has 0 aromatic heterocycles. The van der Waals surface area contributed by atoms with E-state index in [0.717, 1.165) is 22.6 Å². The van der Waals surface area contributed by atoms with Gasteiger partial charge in [0.25, 0.3) is 0 Å². The van der Waals surface area contributed by atoms with Gasteiger partial charge in [0.1, 0.15) is 13.2 Å². The monoisotopic (exact) mass is 332 g/mol. The van der Waals surface area contributed by atoms with Gasteiger partial charge in [-0.05, 0) is 54.4 Å². The van der Waals surface area contributed by atoms with E-state index < -0.39 is 0 Å². The lowest BCUT2D eigenvalue weighted by atomic mass is 10.1. The molecule has 2 aromatic rings. The summed E-state index contributed by atoms with van der Waals surface area (Å²) in [5, 5.41) is 6.21. The Kier molecular flexibility index (Phi) is 4.57. The number of benzene rings is 2. The minimum atomic E-state index is -0.276. The first-order valence-corrected chi connectivity index (χ1v) is 7.69. The number of nitrogens with one attached hydrogen (secondary N) is 2. The third-order valence-electron chi connectivity index (χ3n) is 3.54. The van der Waals surface area contributed by atoms with Crippen molar-refractivity contribution >= 4 is 23.3 Å². The fourth-order valence-corrected chi connectivity index (χ4v) is 2.43. The number of fused-ring (bicyclic) bond motifs is 1. The molecule has 23 heavy (non-hydrogen) atoms. The zero-order valence-electron chi connectivity index (χ0n) is 12.7. The minimum Gasteiger partial charge on any atom is -0.486 e. The van der Waals surface area contributed by atoms with Gasteiger partial charge >= 0.3 is 6.03 Å². The van der Waals surface area contributed by atoms with Gasteiger partial charge in [-0.1, -0.05) is 11.6 Å². The summed E-state index contributed by atoms with van der Waals surface area (Å²) in [6.45, 7) is 3.49. The molecule has 0 fully saturated rings. The number of halogens is 1. The van der Waals surface area contributed by atoms with E-state index in [1.165, 1.54) is 0 Å². The summed E-state index contributed by atoms with van der Waals surface area (Å²) >= 11 is 5.81. The van der Waals surface area contributed by atoms with E-state index in [1.807, 2.05) is 19.1 Å². The molecule has 0 radical (unpaired) electrons. The topological polar surface area (TPSA) is 59.6 Å². The molecule has 0 bridgehead atoms. The van der Waals surface area contributed by atoms with Gasteiger partial charge in [-0.3, -0.25) is 0 Å². The van der Waals surface area contributed by atoms with Crippen LogP contribution in [-0.4, -0.2) is 19.2 Å². The minimum absolute atomic E-state index is 0.276. The highest BCUT2D eigenvalue weighted by atomic mass is 35.5. The number of anilines is 1. The highest BCUT2D eigenvalue weighted by molar-refractivity contribution is 6.30. The van der Waals surface area contributed by atoms with Crippen molar-refractivity contribution in [1.82, 2.24) is 5.32 Å². The molecule has 1 aliphatic heterocycles. The van der Waals surface area contributed by atoms with Gasteiger partial charge < -0.3 is 20.1 Å². The van der Waals surface area contributed by atoms with Crippen molar-refractivity contribution in [1.29, 1.82) is 0 Å². The lowest BCUT2D eigenvalue weighted by molar-refractivity contribution is 0.171. The third-order valence-corrected chi connectivity index (χ3v) is 3.79. The molecule has 3 rings (SSSR count). The largest absolute Gasteiger partial charge is 0.486 e. The van der Waals surface area contributed by atoms with Crippen molar-refractivity contribution in [3.05, 3.63) is 52.5 Å². The summed E-state index contributed by atoms with van der Waals surface area (Å²) in [6.07, 6.45) is 0. The Bertz CT molecular complexity index is 717. The van der Waals surface area contributed by atoms with E-state index in [-0.39, 0.29) is 6.03 Å². The first kappa shape index (κ1) is 15.5. The van der Waals surface area contributed by atoms with Crippen molar-refractivity contribution in [2.45, 2.75) is 13.5 Å². The van der Waals surface area contributed by atoms with E-state index in [2.05, 4.69) is 10.6 Å². The summed E-state index contributed by atoms with van der Waals surface area (Å²) < 4.78 is 11.1. The van der Waals surface area contributed by atoms with Gasteiger partial charge in [0.15, 0.2) is 11.5 Å². The molecule has 1 aliphatic rings. The Balaban J connectivity index is 1.61. The Morgan fingerprint density at radius 2 is 1.78 bits per heavy atom. The van der Waals surface area contributed by atoms with Crippen LogP contribution in [0.5, 0.6) is 11.5 Å². The van der Waals surface area contributed by atoms with Crippen LogP contribution in [0.2, 0.25) is 5.02 Å². The van der Waals surface area contributed by atoms with E-state index in [9.17, 15) is 4.79 Å². The fraction of sp³-hybridized carbons (Fsp3) is 0.235. The molecule has 1 heterocycles. The Morgan fingerprint density at radius 1 is 1.13 bits per heavy atom. The number of hydrogen-bond donors (Lipinski definition) is 2. The molecular weight excluding hydrogens is 316 g/mol. The number of ether oxygens (including phenoxy) is 2. The van der Waals surface area contributed by atoms with Gasteiger partial charge in [0, 0.05) is 17.3 Å². The van der Waals surface area contributed by atoms with Crippen LogP contribution in [0.4, 0.5) is 10.5 Å². The number of carbonyl (C=O) groups is 1. The zero-order chi connectivity index (χ0) is 16.2. The molecule has 0 saturated carbocycles. The Labute approximate surface area is 139 Å². The van der Waals surface area contributed by atoms with Crippen LogP contribution in [-0.2, 0) is 6.54 Å². The van der Waals surface area contributed by atoms with Crippen molar-refractivity contribution in [2.24, 2.45) is 0 Å². The van der Waals surface area contributed by atoms with E-state index >= 15 is 0 Å². The first-order valence-electron chi connectivity index (χ1n) is 7.31. The predicted molar refractivity (Wildman–Crippen MR) is 89.5 cm³/mol. The fourth-order valence-electron chi connectivity index (χ4n) is 2.31. The van der Waals surface area contributed by atoms with Crippen LogP contribution in [0, 0.1) is 6.92 Å². The average Bonchev–Trinajstić information content (AvgIpc) is 2.55. The number of aryl methyl sites for hydroxylation is 1. The summed E-state index contributed by atoms with van der Waals surface area (Å²) in [4.78, 5) is 12.0. The standard InChI is InChI=1S/C17H17ClN2O3/c1-11-8-15-16(23-7-6-22-15)9-12(11)10-19-17(21)20-14-4-2-13(18)3-5-14/h2-5,8-9H,6-7,10H2,1H3,(H2,19,20,21). The van der Waals surface area contributed by atoms with E-state index in [4.69, 9.17) is 21.1 Å². The van der Waals surface area contributed by atoms with Gasteiger partial charge in [-0.2, -0.15) is 0 Å². The highest BCUT2D eigenvalue weighted by Crippen LogP contribution is 2.32.